The van der Waals surface area contributed by atoms with Crippen molar-refractivity contribution in [2.45, 2.75) is 18.9 Å². The molecule has 0 saturated heterocycles. The third-order valence-electron chi connectivity index (χ3n) is 1.98. The van der Waals surface area contributed by atoms with Crippen LogP contribution in [0.4, 0.5) is 0 Å². The van der Waals surface area contributed by atoms with Gasteiger partial charge in [-0.05, 0) is 53.1 Å². The van der Waals surface area contributed by atoms with Crippen molar-refractivity contribution in [2.24, 2.45) is 5.73 Å². The van der Waals surface area contributed by atoms with E-state index in [0.717, 1.165) is 12.8 Å². The summed E-state index contributed by atoms with van der Waals surface area (Å²) in [5, 5.41) is 0. The van der Waals surface area contributed by atoms with Crippen LogP contribution in [0.15, 0.2) is 36.9 Å². The summed E-state index contributed by atoms with van der Waals surface area (Å²) >= 11 is 2.29. The summed E-state index contributed by atoms with van der Waals surface area (Å²) in [6.45, 7) is 3.68. The van der Waals surface area contributed by atoms with E-state index in [9.17, 15) is 0 Å². The SMILES string of the molecule is C=CCC[C@H](N)c1ccc(I)cc1. The zero-order chi connectivity index (χ0) is 9.68. The summed E-state index contributed by atoms with van der Waals surface area (Å²) < 4.78 is 1.25. The molecule has 0 aromatic heterocycles. The number of rotatable bonds is 4. The number of nitrogens with two attached hydrogens (primary N) is 1. The van der Waals surface area contributed by atoms with Crippen LogP contribution < -0.4 is 5.73 Å². The molecule has 0 radical (unpaired) electrons. The van der Waals surface area contributed by atoms with Gasteiger partial charge in [-0.15, -0.1) is 6.58 Å². The molecule has 13 heavy (non-hydrogen) atoms. The Kier molecular flexibility index (Phi) is 4.45. The van der Waals surface area contributed by atoms with E-state index in [-0.39, 0.29) is 6.04 Å². The van der Waals surface area contributed by atoms with Gasteiger partial charge < -0.3 is 5.73 Å². The molecule has 0 saturated carbocycles. The zero-order valence-electron chi connectivity index (χ0n) is 7.54. The van der Waals surface area contributed by atoms with Gasteiger partial charge in [-0.2, -0.15) is 0 Å². The summed E-state index contributed by atoms with van der Waals surface area (Å²) in [7, 11) is 0. The maximum absolute atomic E-state index is 5.98. The molecule has 0 aliphatic heterocycles. The van der Waals surface area contributed by atoms with E-state index in [1.54, 1.807) is 0 Å². The predicted molar refractivity (Wildman–Crippen MR) is 65.5 cm³/mol. The van der Waals surface area contributed by atoms with E-state index in [0.29, 0.717) is 0 Å². The van der Waals surface area contributed by atoms with Crippen molar-refractivity contribution < 1.29 is 0 Å². The Labute approximate surface area is 93.2 Å². The molecule has 2 N–H and O–H groups in total. The highest BCUT2D eigenvalue weighted by Gasteiger charge is 2.03. The summed E-state index contributed by atoms with van der Waals surface area (Å²) in [5.74, 6) is 0. The predicted octanol–water partition coefficient (Wildman–Crippen LogP) is 3.26. The second-order valence-corrected chi connectivity index (χ2v) is 4.27. The quantitative estimate of drug-likeness (QED) is 0.667. The number of allylic oxidation sites excluding steroid dienone is 1. The molecule has 0 fully saturated rings. The Morgan fingerprint density at radius 2 is 2.00 bits per heavy atom. The van der Waals surface area contributed by atoms with Crippen molar-refractivity contribution in [3.05, 3.63) is 46.1 Å². The van der Waals surface area contributed by atoms with Gasteiger partial charge in [-0.3, -0.25) is 0 Å². The third-order valence-corrected chi connectivity index (χ3v) is 2.70. The lowest BCUT2D eigenvalue weighted by Crippen LogP contribution is -2.09. The first-order valence-corrected chi connectivity index (χ1v) is 5.44. The molecule has 0 bridgehead atoms. The van der Waals surface area contributed by atoms with Gasteiger partial charge in [-0.25, -0.2) is 0 Å². The molecule has 2 heteroatoms. The molecule has 0 aliphatic carbocycles. The summed E-state index contributed by atoms with van der Waals surface area (Å²) in [4.78, 5) is 0. The van der Waals surface area contributed by atoms with Crippen LogP contribution in [-0.4, -0.2) is 0 Å². The van der Waals surface area contributed by atoms with E-state index in [2.05, 4.69) is 53.4 Å². The molecular weight excluding hydrogens is 273 g/mol. The Morgan fingerprint density at radius 3 is 2.54 bits per heavy atom. The Hall–Kier alpha value is -0.350. The average molecular weight is 287 g/mol. The summed E-state index contributed by atoms with van der Waals surface area (Å²) in [5.41, 5.74) is 7.19. The maximum atomic E-state index is 5.98. The van der Waals surface area contributed by atoms with E-state index in [4.69, 9.17) is 5.73 Å². The fourth-order valence-corrected chi connectivity index (χ4v) is 1.53. The minimum atomic E-state index is 0.148. The van der Waals surface area contributed by atoms with Crippen LogP contribution in [0.3, 0.4) is 0 Å². The molecule has 1 nitrogen and oxygen atoms in total. The van der Waals surface area contributed by atoms with Gasteiger partial charge in [0.1, 0.15) is 0 Å². The highest BCUT2D eigenvalue weighted by molar-refractivity contribution is 14.1. The normalized spacial score (nSPS) is 12.5. The van der Waals surface area contributed by atoms with Crippen LogP contribution >= 0.6 is 22.6 Å². The van der Waals surface area contributed by atoms with Gasteiger partial charge in [0.15, 0.2) is 0 Å². The van der Waals surface area contributed by atoms with Gasteiger partial charge in [0.2, 0.25) is 0 Å². The Balaban J connectivity index is 2.60. The van der Waals surface area contributed by atoms with Gasteiger partial charge in [-0.1, -0.05) is 18.2 Å². The van der Waals surface area contributed by atoms with Crippen LogP contribution in [0.2, 0.25) is 0 Å². The van der Waals surface area contributed by atoms with E-state index in [1.807, 2.05) is 6.08 Å². The molecule has 0 aliphatic rings. The van der Waals surface area contributed by atoms with E-state index >= 15 is 0 Å². The first kappa shape index (κ1) is 10.7. The molecule has 1 aromatic carbocycles. The first-order valence-electron chi connectivity index (χ1n) is 4.36. The van der Waals surface area contributed by atoms with Gasteiger partial charge >= 0.3 is 0 Å². The highest BCUT2D eigenvalue weighted by Crippen LogP contribution is 2.17. The minimum Gasteiger partial charge on any atom is -0.324 e. The van der Waals surface area contributed by atoms with Crippen molar-refractivity contribution in [3.8, 4) is 0 Å². The Morgan fingerprint density at radius 1 is 1.38 bits per heavy atom. The molecule has 0 unspecified atom stereocenters. The third kappa shape index (κ3) is 3.48. The number of hydrogen-bond donors (Lipinski definition) is 1. The minimum absolute atomic E-state index is 0.148. The average Bonchev–Trinajstić information content (AvgIpc) is 2.15. The molecule has 1 atom stereocenters. The largest absolute Gasteiger partial charge is 0.324 e. The monoisotopic (exact) mass is 287 g/mol. The topological polar surface area (TPSA) is 26.0 Å². The van der Waals surface area contributed by atoms with Crippen LogP contribution in [0, 0.1) is 3.57 Å². The van der Waals surface area contributed by atoms with Crippen molar-refractivity contribution in [1.82, 2.24) is 0 Å². The smallest absolute Gasteiger partial charge is 0.0297 e. The standard InChI is InChI=1S/C11H14IN/c1-2-3-4-11(13)9-5-7-10(12)8-6-9/h2,5-8,11H,1,3-4,13H2/t11-/m0/s1. The fourth-order valence-electron chi connectivity index (χ4n) is 1.17. The summed E-state index contributed by atoms with van der Waals surface area (Å²) in [6.07, 6.45) is 3.86. The molecule has 70 valence electrons. The number of hydrogen-bond acceptors (Lipinski definition) is 1. The lowest BCUT2D eigenvalue weighted by atomic mass is 10.0. The molecular formula is C11H14IN. The zero-order valence-corrected chi connectivity index (χ0v) is 9.70. The van der Waals surface area contributed by atoms with Crippen LogP contribution in [0.1, 0.15) is 24.4 Å². The lowest BCUT2D eigenvalue weighted by Gasteiger charge is -2.10. The molecule has 0 spiro atoms. The van der Waals surface area contributed by atoms with Crippen LogP contribution in [0.25, 0.3) is 0 Å². The van der Waals surface area contributed by atoms with Crippen molar-refractivity contribution in [2.75, 3.05) is 0 Å². The molecule has 0 heterocycles. The van der Waals surface area contributed by atoms with Crippen molar-refractivity contribution >= 4 is 22.6 Å². The van der Waals surface area contributed by atoms with Gasteiger partial charge in [0, 0.05) is 9.61 Å². The maximum Gasteiger partial charge on any atom is 0.0297 e. The summed E-state index contributed by atoms with van der Waals surface area (Å²) in [6, 6.07) is 8.51. The second-order valence-electron chi connectivity index (χ2n) is 3.02. The Bertz CT molecular complexity index is 266. The first-order chi connectivity index (χ1) is 6.24. The van der Waals surface area contributed by atoms with Crippen molar-refractivity contribution in [3.63, 3.8) is 0 Å². The van der Waals surface area contributed by atoms with Crippen LogP contribution in [-0.2, 0) is 0 Å². The van der Waals surface area contributed by atoms with Crippen LogP contribution in [0.5, 0.6) is 0 Å². The lowest BCUT2D eigenvalue weighted by molar-refractivity contribution is 0.661. The van der Waals surface area contributed by atoms with E-state index < -0.39 is 0 Å². The molecule has 1 rings (SSSR count). The number of halogens is 1. The fraction of sp³-hybridized carbons (Fsp3) is 0.273. The number of benzene rings is 1. The van der Waals surface area contributed by atoms with Crippen molar-refractivity contribution in [1.29, 1.82) is 0 Å². The second kappa shape index (κ2) is 5.40. The van der Waals surface area contributed by atoms with E-state index in [1.165, 1.54) is 9.13 Å². The highest BCUT2D eigenvalue weighted by atomic mass is 127. The van der Waals surface area contributed by atoms with Gasteiger partial charge in [0.05, 0.1) is 0 Å². The molecule has 1 aromatic rings. The van der Waals surface area contributed by atoms with Gasteiger partial charge in [0.25, 0.3) is 0 Å². The molecule has 0 amide bonds.